The molecule has 0 aliphatic carbocycles. The summed E-state index contributed by atoms with van der Waals surface area (Å²) in [5.41, 5.74) is 0.841. The zero-order valence-electron chi connectivity index (χ0n) is 12.6. The second-order valence-electron chi connectivity index (χ2n) is 5.04. The van der Waals surface area contributed by atoms with Gasteiger partial charge in [0.25, 0.3) is 0 Å². The third kappa shape index (κ3) is 6.52. The molecule has 1 fully saturated rings. The molecule has 0 radical (unpaired) electrons. The van der Waals surface area contributed by atoms with Crippen LogP contribution in [0.2, 0.25) is 5.02 Å². The van der Waals surface area contributed by atoms with Gasteiger partial charge >= 0.3 is 0 Å². The minimum absolute atomic E-state index is 0. The van der Waals surface area contributed by atoms with E-state index in [0.29, 0.717) is 16.8 Å². The average molecular weight is 456 g/mol. The van der Waals surface area contributed by atoms with Crippen LogP contribution < -0.4 is 10.6 Å². The van der Waals surface area contributed by atoms with Gasteiger partial charge in [0.15, 0.2) is 5.96 Å². The van der Waals surface area contributed by atoms with Crippen molar-refractivity contribution in [3.05, 3.63) is 34.9 Å². The van der Waals surface area contributed by atoms with E-state index in [1.54, 1.807) is 19.2 Å². The fourth-order valence-corrected chi connectivity index (χ4v) is 3.56. The van der Waals surface area contributed by atoms with Crippen LogP contribution in [-0.4, -0.2) is 42.2 Å². The molecule has 0 spiro atoms. The first-order valence-electron chi connectivity index (χ1n) is 7.18. The van der Waals surface area contributed by atoms with Crippen LogP contribution >= 0.6 is 47.3 Å². The molecule has 0 aromatic heterocycles. The fourth-order valence-electron chi connectivity index (χ4n) is 2.23. The van der Waals surface area contributed by atoms with E-state index in [-0.39, 0.29) is 24.0 Å². The van der Waals surface area contributed by atoms with Crippen LogP contribution in [0.1, 0.15) is 24.5 Å². The number of hydrogen-bond acceptors (Lipinski definition) is 3. The maximum atomic E-state index is 10.1. The third-order valence-electron chi connectivity index (χ3n) is 3.46. The first-order valence-corrected chi connectivity index (χ1v) is 8.61. The normalized spacial score (nSPS) is 19.4. The molecule has 22 heavy (non-hydrogen) atoms. The zero-order chi connectivity index (χ0) is 15.1. The van der Waals surface area contributed by atoms with Crippen molar-refractivity contribution in [2.24, 2.45) is 4.99 Å². The molecule has 4 nitrogen and oxygen atoms in total. The number of nitrogens with zero attached hydrogens (tertiary/aromatic N) is 1. The van der Waals surface area contributed by atoms with Gasteiger partial charge in [-0.2, -0.15) is 11.8 Å². The largest absolute Gasteiger partial charge is 0.387 e. The lowest BCUT2D eigenvalue weighted by Crippen LogP contribution is -2.41. The minimum Gasteiger partial charge on any atom is -0.387 e. The smallest absolute Gasteiger partial charge is 0.191 e. The van der Waals surface area contributed by atoms with E-state index >= 15 is 0 Å². The first kappa shape index (κ1) is 19.9. The van der Waals surface area contributed by atoms with E-state index in [4.69, 9.17) is 11.6 Å². The Morgan fingerprint density at radius 3 is 2.73 bits per heavy atom. The monoisotopic (exact) mass is 455 g/mol. The van der Waals surface area contributed by atoms with Gasteiger partial charge in [0.1, 0.15) is 0 Å². The number of halogens is 2. The van der Waals surface area contributed by atoms with Crippen LogP contribution in [0.15, 0.2) is 29.3 Å². The summed E-state index contributed by atoms with van der Waals surface area (Å²) in [4.78, 5) is 4.18. The third-order valence-corrected chi connectivity index (χ3v) is 5.11. The van der Waals surface area contributed by atoms with E-state index in [2.05, 4.69) is 15.6 Å². The number of nitrogens with one attached hydrogen (secondary N) is 2. The number of guanidine groups is 1. The van der Waals surface area contributed by atoms with Gasteiger partial charge in [0, 0.05) is 30.4 Å². The van der Waals surface area contributed by atoms with Gasteiger partial charge in [0.05, 0.1) is 6.10 Å². The SMILES string of the molecule is CN=C(NCC1CCCS1)NCC(O)c1ccc(Cl)cc1.I. The van der Waals surface area contributed by atoms with Crippen molar-refractivity contribution in [2.45, 2.75) is 24.2 Å². The number of rotatable bonds is 5. The van der Waals surface area contributed by atoms with Gasteiger partial charge in [-0.3, -0.25) is 4.99 Å². The van der Waals surface area contributed by atoms with Crippen molar-refractivity contribution < 1.29 is 5.11 Å². The van der Waals surface area contributed by atoms with Gasteiger partial charge in [-0.25, -0.2) is 0 Å². The molecule has 0 bridgehead atoms. The van der Waals surface area contributed by atoms with Crippen molar-refractivity contribution in [1.82, 2.24) is 10.6 Å². The Bertz CT molecular complexity index is 466. The quantitative estimate of drug-likeness (QED) is 0.363. The maximum Gasteiger partial charge on any atom is 0.191 e. The number of thioether (sulfide) groups is 1. The molecule has 2 atom stereocenters. The average Bonchev–Trinajstić information content (AvgIpc) is 3.01. The van der Waals surface area contributed by atoms with Crippen LogP contribution in [0, 0.1) is 0 Å². The Hall–Kier alpha value is -0.180. The molecule has 1 aliphatic heterocycles. The van der Waals surface area contributed by atoms with E-state index in [1.165, 1.54) is 18.6 Å². The Morgan fingerprint density at radius 1 is 1.41 bits per heavy atom. The van der Waals surface area contributed by atoms with Crippen molar-refractivity contribution in [3.63, 3.8) is 0 Å². The molecule has 1 heterocycles. The molecule has 0 amide bonds. The second-order valence-corrected chi connectivity index (χ2v) is 6.88. The summed E-state index contributed by atoms with van der Waals surface area (Å²) < 4.78 is 0. The topological polar surface area (TPSA) is 56.7 Å². The van der Waals surface area contributed by atoms with E-state index in [0.717, 1.165) is 18.1 Å². The molecule has 124 valence electrons. The summed E-state index contributed by atoms with van der Waals surface area (Å²) >= 11 is 7.85. The molecule has 7 heteroatoms. The van der Waals surface area contributed by atoms with Gasteiger partial charge in [-0.05, 0) is 36.3 Å². The van der Waals surface area contributed by atoms with Crippen molar-refractivity contribution in [3.8, 4) is 0 Å². The van der Waals surface area contributed by atoms with Gasteiger partial charge in [-0.15, -0.1) is 24.0 Å². The second kappa shape index (κ2) is 10.6. The van der Waals surface area contributed by atoms with Crippen molar-refractivity contribution in [1.29, 1.82) is 0 Å². The van der Waals surface area contributed by atoms with Gasteiger partial charge in [-0.1, -0.05) is 23.7 Å². The van der Waals surface area contributed by atoms with Gasteiger partial charge < -0.3 is 15.7 Å². The standard InChI is InChI=1S/C15H22ClN3OS.HI/c1-17-15(18-9-13-3-2-8-21-13)19-10-14(20)11-4-6-12(16)7-5-11;/h4-7,13-14,20H,2-3,8-10H2,1H3,(H2,17,18,19);1H. The van der Waals surface area contributed by atoms with Crippen molar-refractivity contribution >= 4 is 53.3 Å². The van der Waals surface area contributed by atoms with Crippen LogP contribution in [0.3, 0.4) is 0 Å². The lowest BCUT2D eigenvalue weighted by molar-refractivity contribution is 0.181. The molecular formula is C15H23ClIN3OS. The van der Waals surface area contributed by atoms with Crippen molar-refractivity contribution in [2.75, 3.05) is 25.9 Å². The predicted molar refractivity (Wildman–Crippen MR) is 107 cm³/mol. The van der Waals surface area contributed by atoms with Gasteiger partial charge in [0.2, 0.25) is 0 Å². The van der Waals surface area contributed by atoms with Crippen LogP contribution in [0.25, 0.3) is 0 Å². The lowest BCUT2D eigenvalue weighted by Gasteiger charge is -2.17. The summed E-state index contributed by atoms with van der Waals surface area (Å²) in [5, 5.41) is 18.0. The molecule has 1 aromatic carbocycles. The maximum absolute atomic E-state index is 10.1. The molecule has 0 saturated carbocycles. The summed E-state index contributed by atoms with van der Waals surface area (Å²) in [5.74, 6) is 1.99. The molecule has 2 unspecified atom stereocenters. The highest BCUT2D eigenvalue weighted by molar-refractivity contribution is 14.0. The van der Waals surface area contributed by atoms with Crippen LogP contribution in [-0.2, 0) is 0 Å². The highest BCUT2D eigenvalue weighted by Crippen LogP contribution is 2.25. The highest BCUT2D eigenvalue weighted by atomic mass is 127. The lowest BCUT2D eigenvalue weighted by atomic mass is 10.1. The zero-order valence-corrected chi connectivity index (χ0v) is 16.5. The number of aliphatic imine (C=N–C) groups is 1. The number of benzene rings is 1. The number of hydrogen-bond donors (Lipinski definition) is 3. The van der Waals surface area contributed by atoms with E-state index < -0.39 is 6.10 Å². The summed E-state index contributed by atoms with van der Waals surface area (Å²) in [6, 6.07) is 7.23. The molecule has 1 aliphatic rings. The molecule has 1 saturated heterocycles. The summed E-state index contributed by atoms with van der Waals surface area (Å²) in [6.07, 6.45) is 1.99. The first-order chi connectivity index (χ1) is 10.2. The highest BCUT2D eigenvalue weighted by Gasteiger charge is 2.16. The Morgan fingerprint density at radius 2 is 2.14 bits per heavy atom. The fraction of sp³-hybridized carbons (Fsp3) is 0.533. The predicted octanol–water partition coefficient (Wildman–Crippen LogP) is 3.05. The van der Waals surface area contributed by atoms with E-state index in [1.807, 2.05) is 23.9 Å². The van der Waals surface area contributed by atoms with Crippen LogP contribution in [0.4, 0.5) is 0 Å². The Labute approximate surface area is 158 Å². The minimum atomic E-state index is -0.582. The summed E-state index contributed by atoms with van der Waals surface area (Å²) in [6.45, 7) is 1.33. The molecule has 1 aromatic rings. The van der Waals surface area contributed by atoms with E-state index in [9.17, 15) is 5.11 Å². The molecule has 3 N–H and O–H groups in total. The molecular weight excluding hydrogens is 433 g/mol. The Balaban J connectivity index is 0.00000242. The number of aliphatic hydroxyl groups excluding tert-OH is 1. The Kier molecular flexibility index (Phi) is 9.54. The summed E-state index contributed by atoms with van der Waals surface area (Å²) in [7, 11) is 1.74. The molecule has 2 rings (SSSR count). The van der Waals surface area contributed by atoms with Crippen LogP contribution in [0.5, 0.6) is 0 Å². The number of aliphatic hydroxyl groups is 1.